The number of hydrogen-bond donors (Lipinski definition) is 1. The van der Waals surface area contributed by atoms with Crippen molar-refractivity contribution in [1.29, 1.82) is 0 Å². The summed E-state index contributed by atoms with van der Waals surface area (Å²) in [5.41, 5.74) is 4.79. The summed E-state index contributed by atoms with van der Waals surface area (Å²) in [4.78, 5) is 0. The van der Waals surface area contributed by atoms with Crippen molar-refractivity contribution in [2.45, 2.75) is 6.92 Å². The molecule has 3 heteroatoms. The lowest BCUT2D eigenvalue weighted by Gasteiger charge is -1.83. The van der Waals surface area contributed by atoms with Crippen LogP contribution in [-0.4, -0.2) is 14.2 Å². The molecule has 0 heterocycles. The smallest absolute Gasteiger partial charge is 0.392 e. The van der Waals surface area contributed by atoms with Gasteiger partial charge in [-0.2, -0.15) is 0 Å². The van der Waals surface area contributed by atoms with Gasteiger partial charge in [0.25, 0.3) is 0 Å². The minimum atomic E-state index is 0.663. The van der Waals surface area contributed by atoms with Crippen LogP contribution < -0.4 is 5.64 Å². The first-order valence-corrected chi connectivity index (χ1v) is 1.56. The zero-order chi connectivity index (χ0) is 4.12. The molecule has 0 aromatic carbocycles. The molecule has 0 aliphatic heterocycles. The maximum atomic E-state index is 4.79. The van der Waals surface area contributed by atoms with Crippen LogP contribution in [-0.2, 0) is 4.65 Å². The summed E-state index contributed by atoms with van der Waals surface area (Å²) in [5.74, 6) is 0. The average molecular weight is 71.9 g/mol. The van der Waals surface area contributed by atoms with Crippen LogP contribution in [0.15, 0.2) is 0 Å². The molecule has 0 aliphatic rings. The van der Waals surface area contributed by atoms with E-state index in [0.29, 0.717) is 6.61 Å². The van der Waals surface area contributed by atoms with E-state index in [9.17, 15) is 0 Å². The molecular formula is C2H7BNO. The molecule has 0 aromatic rings. The molecule has 0 aromatic heterocycles. The Bertz CT molecular complexity index is 17.1. The fourth-order valence-corrected chi connectivity index (χ4v) is 0.0962. The Morgan fingerprint density at radius 1 is 2.00 bits per heavy atom. The van der Waals surface area contributed by atoms with Gasteiger partial charge in [0.1, 0.15) is 0 Å². The fourth-order valence-electron chi connectivity index (χ4n) is 0.0962. The first-order valence-electron chi connectivity index (χ1n) is 1.56. The zero-order valence-electron chi connectivity index (χ0n) is 3.27. The van der Waals surface area contributed by atoms with E-state index in [1.165, 1.54) is 7.62 Å². The van der Waals surface area contributed by atoms with Gasteiger partial charge in [0.2, 0.25) is 0 Å². The van der Waals surface area contributed by atoms with E-state index >= 15 is 0 Å². The van der Waals surface area contributed by atoms with E-state index in [1.807, 2.05) is 6.92 Å². The van der Waals surface area contributed by atoms with Crippen LogP contribution in [0.3, 0.4) is 0 Å². The van der Waals surface area contributed by atoms with Gasteiger partial charge in [-0.3, -0.25) is 0 Å². The average Bonchev–Trinajstić information content (AvgIpc) is 1.41. The highest BCUT2D eigenvalue weighted by atomic mass is 16.4. The van der Waals surface area contributed by atoms with Crippen molar-refractivity contribution in [1.82, 2.24) is 0 Å². The second kappa shape index (κ2) is 3.98. The van der Waals surface area contributed by atoms with Gasteiger partial charge in [-0.25, -0.2) is 0 Å². The SMILES string of the molecule is CCO[B]N. The van der Waals surface area contributed by atoms with Crippen molar-refractivity contribution in [2.75, 3.05) is 6.61 Å². The molecule has 0 aliphatic carbocycles. The summed E-state index contributed by atoms with van der Waals surface area (Å²) < 4.78 is 4.49. The van der Waals surface area contributed by atoms with Crippen molar-refractivity contribution in [3.8, 4) is 0 Å². The van der Waals surface area contributed by atoms with E-state index in [0.717, 1.165) is 0 Å². The lowest BCUT2D eigenvalue weighted by atomic mass is 10.3. The van der Waals surface area contributed by atoms with Crippen LogP contribution in [0.25, 0.3) is 0 Å². The molecule has 2 nitrogen and oxygen atoms in total. The van der Waals surface area contributed by atoms with Crippen LogP contribution in [0, 0.1) is 0 Å². The standard InChI is InChI=1S/C2H7BNO/c1-2-5-3-4/h2,4H2,1H3. The van der Waals surface area contributed by atoms with E-state index < -0.39 is 0 Å². The summed E-state index contributed by atoms with van der Waals surface area (Å²) in [7, 11) is 1.18. The second-order valence-electron chi connectivity index (χ2n) is 0.591. The van der Waals surface area contributed by atoms with Crippen LogP contribution in [0.1, 0.15) is 6.92 Å². The van der Waals surface area contributed by atoms with Gasteiger partial charge < -0.3 is 10.3 Å². The first-order chi connectivity index (χ1) is 2.41. The fraction of sp³-hybridized carbons (Fsp3) is 1.00. The molecule has 0 spiro atoms. The summed E-state index contributed by atoms with van der Waals surface area (Å²) in [6, 6.07) is 0. The molecule has 0 bridgehead atoms. The lowest BCUT2D eigenvalue weighted by molar-refractivity contribution is 0.361. The van der Waals surface area contributed by atoms with Gasteiger partial charge in [-0.15, -0.1) is 0 Å². The Hall–Kier alpha value is -0.0151. The van der Waals surface area contributed by atoms with Gasteiger partial charge in [0.05, 0.1) is 0 Å². The number of rotatable bonds is 2. The molecule has 5 heavy (non-hydrogen) atoms. The molecule has 0 unspecified atom stereocenters. The third-order valence-electron chi connectivity index (χ3n) is 0.263. The highest BCUT2D eigenvalue weighted by Gasteiger charge is 1.70. The minimum Gasteiger partial charge on any atom is -0.425 e. The molecule has 0 saturated heterocycles. The molecule has 0 amide bonds. The van der Waals surface area contributed by atoms with Gasteiger partial charge >= 0.3 is 7.62 Å². The predicted molar refractivity (Wildman–Crippen MR) is 21.6 cm³/mol. The summed E-state index contributed by atoms with van der Waals surface area (Å²) in [5, 5.41) is 0. The Kier molecular flexibility index (Phi) is 3.97. The van der Waals surface area contributed by atoms with E-state index in [2.05, 4.69) is 4.65 Å². The Morgan fingerprint density at radius 2 is 2.60 bits per heavy atom. The molecule has 1 radical (unpaired) electrons. The second-order valence-corrected chi connectivity index (χ2v) is 0.591. The third kappa shape index (κ3) is 3.98. The van der Waals surface area contributed by atoms with Crippen LogP contribution in [0.2, 0.25) is 0 Å². The normalized spacial score (nSPS) is 7.60. The first kappa shape index (κ1) is 4.98. The molecule has 0 atom stereocenters. The van der Waals surface area contributed by atoms with Crippen molar-refractivity contribution in [3.05, 3.63) is 0 Å². The van der Waals surface area contributed by atoms with Gasteiger partial charge in [-0.1, -0.05) is 0 Å². The van der Waals surface area contributed by atoms with Gasteiger partial charge in [0.15, 0.2) is 0 Å². The number of hydrogen-bond acceptors (Lipinski definition) is 2. The highest BCUT2D eigenvalue weighted by molar-refractivity contribution is 6.21. The minimum absolute atomic E-state index is 0.663. The van der Waals surface area contributed by atoms with Crippen LogP contribution in [0.4, 0.5) is 0 Å². The van der Waals surface area contributed by atoms with Crippen LogP contribution >= 0.6 is 0 Å². The largest absolute Gasteiger partial charge is 0.425 e. The van der Waals surface area contributed by atoms with Crippen molar-refractivity contribution in [2.24, 2.45) is 5.64 Å². The molecule has 0 fully saturated rings. The Balaban J connectivity index is 2.19. The topological polar surface area (TPSA) is 35.2 Å². The summed E-state index contributed by atoms with van der Waals surface area (Å²) >= 11 is 0. The number of nitrogens with two attached hydrogens (primary N) is 1. The zero-order valence-corrected chi connectivity index (χ0v) is 3.27. The maximum Gasteiger partial charge on any atom is 0.392 e. The lowest BCUT2D eigenvalue weighted by Crippen LogP contribution is -2.08. The molecule has 29 valence electrons. The quantitative estimate of drug-likeness (QED) is 0.447. The van der Waals surface area contributed by atoms with E-state index in [1.54, 1.807) is 0 Å². The van der Waals surface area contributed by atoms with Crippen molar-refractivity contribution in [3.63, 3.8) is 0 Å². The van der Waals surface area contributed by atoms with Gasteiger partial charge in [-0.05, 0) is 6.92 Å². The Morgan fingerprint density at radius 3 is 2.60 bits per heavy atom. The molecular weight excluding hydrogens is 64.8 g/mol. The highest BCUT2D eigenvalue weighted by Crippen LogP contribution is 1.55. The van der Waals surface area contributed by atoms with Gasteiger partial charge in [0, 0.05) is 6.61 Å². The maximum absolute atomic E-state index is 4.79. The molecule has 2 N–H and O–H groups in total. The summed E-state index contributed by atoms with van der Waals surface area (Å²) in [6.45, 7) is 2.54. The van der Waals surface area contributed by atoms with Crippen molar-refractivity contribution < 1.29 is 4.65 Å². The van der Waals surface area contributed by atoms with E-state index in [4.69, 9.17) is 5.64 Å². The summed E-state index contributed by atoms with van der Waals surface area (Å²) in [6.07, 6.45) is 0. The van der Waals surface area contributed by atoms with E-state index in [-0.39, 0.29) is 0 Å². The molecule has 0 saturated carbocycles. The Labute approximate surface area is 32.6 Å². The van der Waals surface area contributed by atoms with Crippen LogP contribution in [0.5, 0.6) is 0 Å². The molecule has 0 rings (SSSR count). The predicted octanol–water partition coefficient (Wildman–Crippen LogP) is -0.484. The third-order valence-corrected chi connectivity index (χ3v) is 0.263. The monoisotopic (exact) mass is 72.1 g/mol. The van der Waals surface area contributed by atoms with Crippen molar-refractivity contribution >= 4 is 7.62 Å².